The number of aryl methyl sites for hydroxylation is 1. The van der Waals surface area contributed by atoms with Crippen molar-refractivity contribution >= 4 is 23.2 Å². The summed E-state index contributed by atoms with van der Waals surface area (Å²) < 4.78 is 5.88. The molecular formula is C16H17Cl2NO. The van der Waals surface area contributed by atoms with Crippen LogP contribution in [0.2, 0.25) is 10.0 Å². The molecule has 1 atom stereocenters. The van der Waals surface area contributed by atoms with E-state index in [0.717, 1.165) is 22.4 Å². The average molecular weight is 310 g/mol. The predicted molar refractivity (Wildman–Crippen MR) is 84.6 cm³/mol. The van der Waals surface area contributed by atoms with Crippen molar-refractivity contribution in [1.29, 1.82) is 0 Å². The molecular weight excluding hydrogens is 293 g/mol. The number of nitrogens with two attached hydrogens (primary N) is 1. The van der Waals surface area contributed by atoms with Crippen LogP contribution in [0.5, 0.6) is 5.75 Å². The van der Waals surface area contributed by atoms with Gasteiger partial charge in [0.1, 0.15) is 12.4 Å². The van der Waals surface area contributed by atoms with Crippen molar-refractivity contribution < 1.29 is 4.74 Å². The molecule has 0 aliphatic carbocycles. The van der Waals surface area contributed by atoms with E-state index in [0.29, 0.717) is 16.7 Å². The second-order valence-electron chi connectivity index (χ2n) is 4.85. The lowest BCUT2D eigenvalue weighted by atomic mass is 10.1. The summed E-state index contributed by atoms with van der Waals surface area (Å²) in [5.74, 6) is 0.788. The summed E-state index contributed by atoms with van der Waals surface area (Å²) in [6.45, 7) is 4.32. The third-order valence-electron chi connectivity index (χ3n) is 3.05. The quantitative estimate of drug-likeness (QED) is 0.871. The Morgan fingerprint density at radius 2 is 1.90 bits per heavy atom. The first-order valence-electron chi connectivity index (χ1n) is 6.40. The van der Waals surface area contributed by atoms with E-state index < -0.39 is 0 Å². The molecule has 2 nitrogen and oxygen atoms in total. The maximum absolute atomic E-state index is 6.13. The molecule has 2 aromatic carbocycles. The van der Waals surface area contributed by atoms with Crippen LogP contribution in [0.4, 0.5) is 0 Å². The Bertz CT molecular complexity index is 611. The fraction of sp³-hybridized carbons (Fsp3) is 0.250. The molecule has 2 aromatic rings. The zero-order chi connectivity index (χ0) is 14.7. The van der Waals surface area contributed by atoms with Gasteiger partial charge in [0.25, 0.3) is 0 Å². The van der Waals surface area contributed by atoms with Gasteiger partial charge < -0.3 is 10.5 Å². The van der Waals surface area contributed by atoms with E-state index in [9.17, 15) is 0 Å². The second kappa shape index (κ2) is 6.49. The van der Waals surface area contributed by atoms with Gasteiger partial charge in [0.05, 0.1) is 0 Å². The topological polar surface area (TPSA) is 35.2 Å². The normalized spacial score (nSPS) is 12.2. The molecule has 2 rings (SSSR count). The molecule has 0 radical (unpaired) electrons. The van der Waals surface area contributed by atoms with Crippen LogP contribution < -0.4 is 10.5 Å². The van der Waals surface area contributed by atoms with Crippen LogP contribution in [0.15, 0.2) is 36.4 Å². The number of rotatable bonds is 4. The van der Waals surface area contributed by atoms with Gasteiger partial charge in [-0.25, -0.2) is 0 Å². The summed E-state index contributed by atoms with van der Waals surface area (Å²) in [5.41, 5.74) is 8.92. The summed E-state index contributed by atoms with van der Waals surface area (Å²) >= 11 is 12.1. The standard InChI is InChI=1S/C16H17Cl2NO/c1-10-3-5-14(11(2)19)16(7-10)20-9-12-8-13(17)4-6-15(12)18/h3-8,11H,9,19H2,1-2H3/t11-/m1/s1. The number of benzene rings is 2. The van der Waals surface area contributed by atoms with Gasteiger partial charge in [0.2, 0.25) is 0 Å². The minimum Gasteiger partial charge on any atom is -0.488 e. The van der Waals surface area contributed by atoms with Gasteiger partial charge in [-0.2, -0.15) is 0 Å². The Kier molecular flexibility index (Phi) is 4.92. The molecule has 0 saturated carbocycles. The number of hydrogen-bond donors (Lipinski definition) is 1. The third-order valence-corrected chi connectivity index (χ3v) is 3.65. The third kappa shape index (κ3) is 3.66. The van der Waals surface area contributed by atoms with Crippen LogP contribution >= 0.6 is 23.2 Å². The summed E-state index contributed by atoms with van der Waals surface area (Å²) in [5, 5.41) is 1.29. The van der Waals surface area contributed by atoms with Gasteiger partial charge in [0.15, 0.2) is 0 Å². The van der Waals surface area contributed by atoms with E-state index in [1.165, 1.54) is 0 Å². The molecule has 0 saturated heterocycles. The van der Waals surface area contributed by atoms with Crippen molar-refractivity contribution in [3.8, 4) is 5.75 Å². The van der Waals surface area contributed by atoms with Gasteiger partial charge in [-0.15, -0.1) is 0 Å². The minimum atomic E-state index is -0.0829. The number of hydrogen-bond acceptors (Lipinski definition) is 2. The fourth-order valence-corrected chi connectivity index (χ4v) is 2.32. The maximum Gasteiger partial charge on any atom is 0.124 e. The lowest BCUT2D eigenvalue weighted by Crippen LogP contribution is -2.08. The molecule has 0 aliphatic rings. The zero-order valence-corrected chi connectivity index (χ0v) is 13.0. The molecule has 106 valence electrons. The van der Waals surface area contributed by atoms with Crippen molar-refractivity contribution in [2.45, 2.75) is 26.5 Å². The first-order chi connectivity index (χ1) is 9.47. The molecule has 0 heterocycles. The van der Waals surface area contributed by atoms with Gasteiger partial charge in [0, 0.05) is 27.2 Å². The predicted octanol–water partition coefficient (Wildman–Crippen LogP) is 4.90. The smallest absolute Gasteiger partial charge is 0.124 e. The van der Waals surface area contributed by atoms with Crippen LogP contribution in [0.1, 0.15) is 29.7 Å². The molecule has 2 N–H and O–H groups in total. The lowest BCUT2D eigenvalue weighted by molar-refractivity contribution is 0.301. The van der Waals surface area contributed by atoms with Crippen LogP contribution in [0.3, 0.4) is 0 Å². The Labute approximate surface area is 129 Å². The second-order valence-corrected chi connectivity index (χ2v) is 5.70. The molecule has 0 aliphatic heterocycles. The van der Waals surface area contributed by atoms with Gasteiger partial charge >= 0.3 is 0 Å². The summed E-state index contributed by atoms with van der Waals surface area (Å²) in [6.07, 6.45) is 0. The summed E-state index contributed by atoms with van der Waals surface area (Å²) in [6, 6.07) is 11.3. The SMILES string of the molecule is Cc1ccc([C@@H](C)N)c(OCc2cc(Cl)ccc2Cl)c1. The highest BCUT2D eigenvalue weighted by molar-refractivity contribution is 6.33. The summed E-state index contributed by atoms with van der Waals surface area (Å²) in [4.78, 5) is 0. The molecule has 0 amide bonds. The molecule has 20 heavy (non-hydrogen) atoms. The average Bonchev–Trinajstić information content (AvgIpc) is 2.39. The first-order valence-corrected chi connectivity index (χ1v) is 7.16. The Morgan fingerprint density at radius 1 is 1.15 bits per heavy atom. The van der Waals surface area contributed by atoms with E-state index in [2.05, 4.69) is 0 Å². The van der Waals surface area contributed by atoms with Crippen molar-refractivity contribution in [3.63, 3.8) is 0 Å². The Morgan fingerprint density at radius 3 is 2.60 bits per heavy atom. The van der Waals surface area contributed by atoms with Gasteiger partial charge in [-0.3, -0.25) is 0 Å². The van der Waals surface area contributed by atoms with E-state index in [1.54, 1.807) is 12.1 Å². The Balaban J connectivity index is 2.22. The van der Waals surface area contributed by atoms with E-state index in [-0.39, 0.29) is 6.04 Å². The van der Waals surface area contributed by atoms with Gasteiger partial charge in [-0.1, -0.05) is 35.3 Å². The molecule has 0 fully saturated rings. The van der Waals surface area contributed by atoms with E-state index in [1.807, 2.05) is 38.1 Å². The van der Waals surface area contributed by atoms with Crippen LogP contribution in [-0.2, 0) is 6.61 Å². The first kappa shape index (κ1) is 15.2. The highest BCUT2D eigenvalue weighted by atomic mass is 35.5. The zero-order valence-electron chi connectivity index (χ0n) is 11.5. The van der Waals surface area contributed by atoms with Crippen LogP contribution in [-0.4, -0.2) is 0 Å². The highest BCUT2D eigenvalue weighted by Gasteiger charge is 2.10. The monoisotopic (exact) mass is 309 g/mol. The molecule has 0 spiro atoms. The van der Waals surface area contributed by atoms with E-state index in [4.69, 9.17) is 33.7 Å². The molecule has 0 aromatic heterocycles. The number of ether oxygens (including phenoxy) is 1. The molecule has 4 heteroatoms. The minimum absolute atomic E-state index is 0.0829. The number of halogens is 2. The van der Waals surface area contributed by atoms with E-state index >= 15 is 0 Å². The van der Waals surface area contributed by atoms with Crippen LogP contribution in [0, 0.1) is 6.92 Å². The maximum atomic E-state index is 6.13. The van der Waals surface area contributed by atoms with Crippen molar-refractivity contribution in [3.05, 3.63) is 63.1 Å². The van der Waals surface area contributed by atoms with Crippen molar-refractivity contribution in [2.75, 3.05) is 0 Å². The largest absolute Gasteiger partial charge is 0.488 e. The highest BCUT2D eigenvalue weighted by Crippen LogP contribution is 2.27. The fourth-order valence-electron chi connectivity index (χ4n) is 1.95. The van der Waals surface area contributed by atoms with Crippen LogP contribution in [0.25, 0.3) is 0 Å². The van der Waals surface area contributed by atoms with Gasteiger partial charge in [-0.05, 0) is 43.7 Å². The lowest BCUT2D eigenvalue weighted by Gasteiger charge is -2.15. The van der Waals surface area contributed by atoms with Crippen molar-refractivity contribution in [1.82, 2.24) is 0 Å². The summed E-state index contributed by atoms with van der Waals surface area (Å²) in [7, 11) is 0. The van der Waals surface area contributed by atoms with Crippen molar-refractivity contribution in [2.24, 2.45) is 5.73 Å². The Hall–Kier alpha value is -1.22. The molecule has 0 bridgehead atoms. The molecule has 0 unspecified atom stereocenters.